The Morgan fingerprint density at radius 3 is 3.09 bits per heavy atom. The molecule has 2 aromatic rings. The predicted molar refractivity (Wildman–Crippen MR) is 88.1 cm³/mol. The monoisotopic (exact) mass is 300 g/mol. The molecule has 2 heterocycles. The topological polar surface area (TPSA) is 45.3 Å². The van der Waals surface area contributed by atoms with Crippen LogP contribution in [-0.2, 0) is 4.74 Å². The molecule has 1 aromatic carbocycles. The number of aromatic nitrogens is 1. The highest BCUT2D eigenvalue weighted by Gasteiger charge is 2.23. The summed E-state index contributed by atoms with van der Waals surface area (Å²) < 4.78 is 5.61. The van der Waals surface area contributed by atoms with Crippen LogP contribution < -0.4 is 0 Å². The Kier molecular flexibility index (Phi) is 4.78. The molecule has 0 radical (unpaired) electrons. The second-order valence-electron chi connectivity index (χ2n) is 6.03. The van der Waals surface area contributed by atoms with E-state index in [1.165, 1.54) is 12.8 Å². The molecule has 4 heteroatoms. The van der Waals surface area contributed by atoms with E-state index in [4.69, 9.17) is 4.74 Å². The number of fused-ring (bicyclic) bond motifs is 1. The molecule has 1 N–H and O–H groups in total. The number of para-hydroxylation sites is 1. The van der Waals surface area contributed by atoms with E-state index in [2.05, 4.69) is 16.8 Å². The third kappa shape index (κ3) is 3.17. The van der Waals surface area contributed by atoms with Crippen molar-refractivity contribution in [2.45, 2.75) is 38.6 Å². The first kappa shape index (κ1) is 15.1. The maximum Gasteiger partial charge on any atom is 0.340 e. The Morgan fingerprint density at radius 1 is 1.36 bits per heavy atom. The summed E-state index contributed by atoms with van der Waals surface area (Å²) in [6.45, 7) is 4.92. The van der Waals surface area contributed by atoms with E-state index in [-0.39, 0.29) is 5.97 Å². The lowest BCUT2D eigenvalue weighted by atomic mass is 10.0. The number of nitrogens with zero attached hydrogens (tertiary/aromatic N) is 1. The van der Waals surface area contributed by atoms with Crippen LogP contribution in [0.4, 0.5) is 0 Å². The van der Waals surface area contributed by atoms with Crippen molar-refractivity contribution in [3.05, 3.63) is 36.0 Å². The minimum absolute atomic E-state index is 0.223. The number of ether oxygens (including phenoxy) is 1. The van der Waals surface area contributed by atoms with Gasteiger partial charge in [-0.2, -0.15) is 0 Å². The smallest absolute Gasteiger partial charge is 0.340 e. The molecule has 0 bridgehead atoms. The standard InChI is InChI=1S/C18H24N2O2/c1-2-10-20-11-6-5-7-14(20)13-22-18(21)16-12-19-17-9-4-3-8-15(16)17/h3-4,8-9,12,14,19H,2,5-7,10-11,13H2,1H3. The van der Waals surface area contributed by atoms with Gasteiger partial charge < -0.3 is 9.72 Å². The molecule has 1 atom stereocenters. The molecule has 1 fully saturated rings. The second-order valence-corrected chi connectivity index (χ2v) is 6.03. The van der Waals surface area contributed by atoms with Gasteiger partial charge in [-0.05, 0) is 38.4 Å². The van der Waals surface area contributed by atoms with Gasteiger partial charge in [-0.15, -0.1) is 0 Å². The second kappa shape index (κ2) is 6.97. The van der Waals surface area contributed by atoms with Crippen LogP contribution in [0.1, 0.15) is 43.0 Å². The number of hydrogen-bond donors (Lipinski definition) is 1. The number of H-pyrrole nitrogens is 1. The zero-order valence-electron chi connectivity index (χ0n) is 13.2. The van der Waals surface area contributed by atoms with Crippen LogP contribution in [0.25, 0.3) is 10.9 Å². The van der Waals surface area contributed by atoms with Crippen LogP contribution in [0.15, 0.2) is 30.5 Å². The highest BCUT2D eigenvalue weighted by Crippen LogP contribution is 2.21. The summed E-state index contributed by atoms with van der Waals surface area (Å²) in [4.78, 5) is 18.0. The first-order chi connectivity index (χ1) is 10.8. The summed E-state index contributed by atoms with van der Waals surface area (Å²) in [5, 5.41) is 0.932. The number of piperidine rings is 1. The van der Waals surface area contributed by atoms with Gasteiger partial charge in [-0.1, -0.05) is 31.5 Å². The maximum absolute atomic E-state index is 12.4. The average Bonchev–Trinajstić information content (AvgIpc) is 2.98. The first-order valence-corrected chi connectivity index (χ1v) is 8.27. The van der Waals surface area contributed by atoms with E-state index in [0.717, 1.165) is 36.8 Å². The summed E-state index contributed by atoms with van der Waals surface area (Å²) in [7, 11) is 0. The van der Waals surface area contributed by atoms with Gasteiger partial charge in [0, 0.05) is 23.1 Å². The molecular formula is C18H24N2O2. The van der Waals surface area contributed by atoms with E-state index >= 15 is 0 Å². The Morgan fingerprint density at radius 2 is 2.23 bits per heavy atom. The van der Waals surface area contributed by atoms with Crippen LogP contribution in [-0.4, -0.2) is 41.6 Å². The lowest BCUT2D eigenvalue weighted by molar-refractivity contribution is 0.0282. The molecule has 118 valence electrons. The van der Waals surface area contributed by atoms with Gasteiger partial charge in [-0.3, -0.25) is 4.90 Å². The molecule has 0 amide bonds. The lowest BCUT2D eigenvalue weighted by Crippen LogP contribution is -2.43. The Labute approximate surface area is 131 Å². The number of rotatable bonds is 5. The van der Waals surface area contributed by atoms with Gasteiger partial charge in [0.25, 0.3) is 0 Å². The zero-order chi connectivity index (χ0) is 15.4. The molecule has 0 saturated carbocycles. The van der Waals surface area contributed by atoms with Crippen molar-refractivity contribution in [1.29, 1.82) is 0 Å². The van der Waals surface area contributed by atoms with E-state index in [1.54, 1.807) is 6.20 Å². The number of esters is 1. The van der Waals surface area contributed by atoms with Crippen molar-refractivity contribution >= 4 is 16.9 Å². The van der Waals surface area contributed by atoms with Crippen LogP contribution in [0.2, 0.25) is 0 Å². The molecule has 1 aromatic heterocycles. The molecule has 3 rings (SSSR count). The normalized spacial score (nSPS) is 19.4. The summed E-state index contributed by atoms with van der Waals surface area (Å²) in [6.07, 6.45) is 6.51. The third-order valence-electron chi connectivity index (χ3n) is 4.48. The SMILES string of the molecule is CCCN1CCCCC1COC(=O)c1c[nH]c2ccccc12. The van der Waals surface area contributed by atoms with Gasteiger partial charge in [0.1, 0.15) is 6.61 Å². The predicted octanol–water partition coefficient (Wildman–Crippen LogP) is 3.59. The number of hydrogen-bond acceptors (Lipinski definition) is 3. The molecule has 4 nitrogen and oxygen atoms in total. The highest BCUT2D eigenvalue weighted by atomic mass is 16.5. The van der Waals surface area contributed by atoms with Crippen molar-refractivity contribution in [3.63, 3.8) is 0 Å². The summed E-state index contributed by atoms with van der Waals surface area (Å²) in [5.74, 6) is -0.223. The number of likely N-dealkylation sites (tertiary alicyclic amines) is 1. The minimum Gasteiger partial charge on any atom is -0.460 e. The fraction of sp³-hybridized carbons (Fsp3) is 0.500. The molecule has 1 aliphatic heterocycles. The van der Waals surface area contributed by atoms with Crippen LogP contribution in [0.5, 0.6) is 0 Å². The van der Waals surface area contributed by atoms with Gasteiger partial charge in [-0.25, -0.2) is 4.79 Å². The van der Waals surface area contributed by atoms with Gasteiger partial charge in [0.15, 0.2) is 0 Å². The van der Waals surface area contributed by atoms with Crippen molar-refractivity contribution in [2.24, 2.45) is 0 Å². The number of benzene rings is 1. The number of carbonyl (C=O) groups is 1. The van der Waals surface area contributed by atoms with Crippen molar-refractivity contribution in [3.8, 4) is 0 Å². The Hall–Kier alpha value is -1.81. The van der Waals surface area contributed by atoms with Crippen LogP contribution in [0.3, 0.4) is 0 Å². The summed E-state index contributed by atoms with van der Waals surface area (Å²) in [6, 6.07) is 8.20. The van der Waals surface area contributed by atoms with E-state index in [1.807, 2.05) is 24.3 Å². The van der Waals surface area contributed by atoms with Gasteiger partial charge in [0.2, 0.25) is 0 Å². The van der Waals surface area contributed by atoms with Crippen LogP contribution in [0, 0.1) is 0 Å². The number of carbonyl (C=O) groups excluding carboxylic acids is 1. The van der Waals surface area contributed by atoms with Crippen LogP contribution >= 0.6 is 0 Å². The zero-order valence-corrected chi connectivity index (χ0v) is 13.2. The van der Waals surface area contributed by atoms with E-state index in [9.17, 15) is 4.79 Å². The number of nitrogens with one attached hydrogen (secondary N) is 1. The first-order valence-electron chi connectivity index (χ1n) is 8.27. The quantitative estimate of drug-likeness (QED) is 0.858. The molecule has 22 heavy (non-hydrogen) atoms. The summed E-state index contributed by atoms with van der Waals surface area (Å²) >= 11 is 0. The molecule has 0 aliphatic carbocycles. The largest absolute Gasteiger partial charge is 0.460 e. The lowest BCUT2D eigenvalue weighted by Gasteiger charge is -2.35. The Balaban J connectivity index is 1.64. The minimum atomic E-state index is -0.223. The number of aromatic amines is 1. The van der Waals surface area contributed by atoms with Gasteiger partial charge in [0.05, 0.1) is 5.56 Å². The van der Waals surface area contributed by atoms with Crippen molar-refractivity contribution in [2.75, 3.05) is 19.7 Å². The van der Waals surface area contributed by atoms with E-state index < -0.39 is 0 Å². The highest BCUT2D eigenvalue weighted by molar-refractivity contribution is 6.03. The summed E-state index contributed by atoms with van der Waals surface area (Å²) in [5.41, 5.74) is 1.60. The Bertz CT molecular complexity index is 633. The molecule has 0 spiro atoms. The van der Waals surface area contributed by atoms with Crippen molar-refractivity contribution in [1.82, 2.24) is 9.88 Å². The average molecular weight is 300 g/mol. The third-order valence-corrected chi connectivity index (χ3v) is 4.48. The fourth-order valence-corrected chi connectivity index (χ4v) is 3.32. The molecule has 1 aliphatic rings. The molecule has 1 unspecified atom stereocenters. The molecular weight excluding hydrogens is 276 g/mol. The maximum atomic E-state index is 12.4. The van der Waals surface area contributed by atoms with Gasteiger partial charge >= 0.3 is 5.97 Å². The fourth-order valence-electron chi connectivity index (χ4n) is 3.32. The van der Waals surface area contributed by atoms with Crippen molar-refractivity contribution < 1.29 is 9.53 Å². The molecule has 1 saturated heterocycles. The van der Waals surface area contributed by atoms with E-state index in [0.29, 0.717) is 18.2 Å².